The molecule has 3 aromatic rings. The summed E-state index contributed by atoms with van der Waals surface area (Å²) in [6.07, 6.45) is -4.81. The highest BCUT2D eigenvalue weighted by Gasteiger charge is 2.56. The van der Waals surface area contributed by atoms with Crippen LogP contribution >= 0.6 is 0 Å². The van der Waals surface area contributed by atoms with Crippen molar-refractivity contribution in [1.29, 1.82) is 0 Å². The van der Waals surface area contributed by atoms with Crippen LogP contribution in [-0.4, -0.2) is 26.4 Å². The summed E-state index contributed by atoms with van der Waals surface area (Å²) in [7, 11) is 1.54. The molecule has 0 spiro atoms. The number of pyridine rings is 1. The predicted molar refractivity (Wildman–Crippen MR) is 107 cm³/mol. The van der Waals surface area contributed by atoms with Gasteiger partial charge in [0.15, 0.2) is 5.60 Å². The summed E-state index contributed by atoms with van der Waals surface area (Å²) in [5, 5.41) is 11.3. The fraction of sp³-hybridized carbons (Fsp3) is 0.409. The SMILES string of the molecule is Cc1ccc(F)cc1C(C)(C)CC(O)(Cc1cc2cc(=O)n(C)cc2[nH]1)C(F)(F)F. The summed E-state index contributed by atoms with van der Waals surface area (Å²) >= 11 is 0. The van der Waals surface area contributed by atoms with Gasteiger partial charge >= 0.3 is 6.18 Å². The smallest absolute Gasteiger partial charge is 0.380 e. The van der Waals surface area contributed by atoms with E-state index in [9.17, 15) is 27.5 Å². The third-order valence-corrected chi connectivity index (χ3v) is 5.56. The molecule has 0 fully saturated rings. The van der Waals surface area contributed by atoms with Gasteiger partial charge < -0.3 is 14.7 Å². The van der Waals surface area contributed by atoms with Crippen molar-refractivity contribution in [3.8, 4) is 0 Å². The molecule has 1 unspecified atom stereocenters. The lowest BCUT2D eigenvalue weighted by molar-refractivity contribution is -0.266. The molecular formula is C22H24F4N2O2. The Morgan fingerprint density at radius 3 is 2.43 bits per heavy atom. The second-order valence-corrected chi connectivity index (χ2v) is 8.61. The van der Waals surface area contributed by atoms with Crippen LogP contribution in [0.25, 0.3) is 10.9 Å². The van der Waals surface area contributed by atoms with Crippen molar-refractivity contribution in [1.82, 2.24) is 9.55 Å². The zero-order valence-corrected chi connectivity index (χ0v) is 17.2. The second kappa shape index (κ2) is 7.27. The van der Waals surface area contributed by atoms with Crippen molar-refractivity contribution in [3.05, 3.63) is 69.5 Å². The first-order valence-electron chi connectivity index (χ1n) is 9.46. The number of aryl methyl sites for hydroxylation is 2. The van der Waals surface area contributed by atoms with Crippen LogP contribution in [0, 0.1) is 12.7 Å². The Bertz CT molecular complexity index is 1140. The summed E-state index contributed by atoms with van der Waals surface area (Å²) in [6.45, 7) is 4.81. The van der Waals surface area contributed by atoms with Crippen LogP contribution in [0.5, 0.6) is 0 Å². The highest BCUT2D eigenvalue weighted by molar-refractivity contribution is 5.79. The molecule has 4 nitrogen and oxygen atoms in total. The predicted octanol–water partition coefficient (Wildman–Crippen LogP) is 4.52. The maximum Gasteiger partial charge on any atom is 0.417 e. The highest BCUT2D eigenvalue weighted by Crippen LogP contribution is 2.43. The Hall–Kier alpha value is -2.61. The number of rotatable bonds is 5. The van der Waals surface area contributed by atoms with Gasteiger partial charge in [0.25, 0.3) is 5.56 Å². The molecular weight excluding hydrogens is 400 g/mol. The Balaban J connectivity index is 2.01. The number of nitrogens with one attached hydrogen (secondary N) is 1. The molecule has 0 amide bonds. The van der Waals surface area contributed by atoms with E-state index in [1.165, 1.54) is 48.1 Å². The molecule has 1 atom stereocenters. The van der Waals surface area contributed by atoms with Crippen molar-refractivity contribution in [2.75, 3.05) is 0 Å². The topological polar surface area (TPSA) is 58.0 Å². The van der Waals surface area contributed by atoms with Gasteiger partial charge in [-0.15, -0.1) is 0 Å². The quantitative estimate of drug-likeness (QED) is 0.592. The Kier molecular flexibility index (Phi) is 5.35. The maximum absolute atomic E-state index is 14.0. The molecule has 1 aromatic carbocycles. The first-order valence-corrected chi connectivity index (χ1v) is 9.46. The van der Waals surface area contributed by atoms with Crippen molar-refractivity contribution in [3.63, 3.8) is 0 Å². The molecule has 0 saturated heterocycles. The molecule has 2 N–H and O–H groups in total. The molecule has 0 bridgehead atoms. The number of H-pyrrole nitrogens is 1. The third kappa shape index (κ3) is 4.14. The largest absolute Gasteiger partial charge is 0.417 e. The van der Waals surface area contributed by atoms with Crippen molar-refractivity contribution in [2.45, 2.75) is 50.8 Å². The van der Waals surface area contributed by atoms with E-state index >= 15 is 0 Å². The number of aromatic amines is 1. The summed E-state index contributed by atoms with van der Waals surface area (Å²) in [5.74, 6) is -0.545. The average molecular weight is 424 g/mol. The molecule has 0 aliphatic heterocycles. The Morgan fingerprint density at radius 2 is 1.80 bits per heavy atom. The van der Waals surface area contributed by atoms with Crippen molar-refractivity contribution in [2.24, 2.45) is 7.05 Å². The highest BCUT2D eigenvalue weighted by atomic mass is 19.4. The minimum absolute atomic E-state index is 0.155. The lowest BCUT2D eigenvalue weighted by atomic mass is 9.72. The number of benzene rings is 1. The van der Waals surface area contributed by atoms with Gasteiger partial charge in [-0.3, -0.25) is 4.79 Å². The van der Waals surface area contributed by atoms with E-state index in [0.29, 0.717) is 22.0 Å². The van der Waals surface area contributed by atoms with Crippen LogP contribution in [0.4, 0.5) is 17.6 Å². The molecule has 0 saturated carbocycles. The summed E-state index contributed by atoms with van der Waals surface area (Å²) < 4.78 is 57.1. The van der Waals surface area contributed by atoms with Crippen LogP contribution in [-0.2, 0) is 18.9 Å². The van der Waals surface area contributed by atoms with Crippen LogP contribution in [0.1, 0.15) is 37.1 Å². The molecule has 2 aromatic heterocycles. The number of hydrogen-bond donors (Lipinski definition) is 2. The van der Waals surface area contributed by atoms with Crippen LogP contribution in [0.3, 0.4) is 0 Å². The fourth-order valence-corrected chi connectivity index (χ4v) is 4.09. The lowest BCUT2D eigenvalue weighted by Crippen LogP contribution is -2.51. The van der Waals surface area contributed by atoms with E-state index in [0.717, 1.165) is 0 Å². The fourth-order valence-electron chi connectivity index (χ4n) is 4.09. The van der Waals surface area contributed by atoms with Gasteiger partial charge in [-0.25, -0.2) is 4.39 Å². The number of fused-ring (bicyclic) bond motifs is 1. The van der Waals surface area contributed by atoms with Gasteiger partial charge in [-0.05, 0) is 48.1 Å². The first-order chi connectivity index (χ1) is 13.7. The van der Waals surface area contributed by atoms with E-state index < -0.39 is 35.9 Å². The third-order valence-electron chi connectivity index (χ3n) is 5.56. The number of hydrogen-bond acceptors (Lipinski definition) is 2. The molecule has 0 radical (unpaired) electrons. The molecule has 2 heterocycles. The van der Waals surface area contributed by atoms with E-state index in [2.05, 4.69) is 4.98 Å². The molecule has 0 aliphatic rings. The number of alkyl halides is 3. The monoisotopic (exact) mass is 424 g/mol. The zero-order valence-electron chi connectivity index (χ0n) is 17.2. The summed E-state index contributed by atoms with van der Waals surface area (Å²) in [5.41, 5.74) is -2.80. The van der Waals surface area contributed by atoms with Gasteiger partial charge in [0, 0.05) is 36.8 Å². The number of nitrogens with zero attached hydrogens (tertiary/aromatic N) is 1. The molecule has 8 heteroatoms. The summed E-state index contributed by atoms with van der Waals surface area (Å²) in [6, 6.07) is 6.73. The van der Waals surface area contributed by atoms with Gasteiger partial charge in [0.2, 0.25) is 0 Å². The first kappa shape index (κ1) is 22.1. The van der Waals surface area contributed by atoms with Crippen LogP contribution in [0.2, 0.25) is 0 Å². The molecule has 0 aliphatic carbocycles. The van der Waals surface area contributed by atoms with E-state index in [1.54, 1.807) is 20.8 Å². The average Bonchev–Trinajstić information content (AvgIpc) is 2.96. The zero-order chi connectivity index (χ0) is 22.5. The Labute approximate surface area is 171 Å². The molecule has 30 heavy (non-hydrogen) atoms. The van der Waals surface area contributed by atoms with Crippen LogP contribution < -0.4 is 5.56 Å². The minimum atomic E-state index is -4.92. The number of halogens is 4. The van der Waals surface area contributed by atoms with Gasteiger partial charge in [0.1, 0.15) is 5.82 Å². The standard InChI is InChI=1S/C22H24F4N2O2/c1-13-5-6-15(23)9-17(13)20(2,3)12-21(30,22(24,25)26)10-16-7-14-8-19(29)28(4)11-18(14)27-16/h5-9,11,27,30H,10,12H2,1-4H3. The normalized spacial score (nSPS) is 14.8. The van der Waals surface area contributed by atoms with Gasteiger partial charge in [0.05, 0.1) is 5.52 Å². The molecule has 162 valence electrons. The minimum Gasteiger partial charge on any atom is -0.380 e. The van der Waals surface area contributed by atoms with Crippen molar-refractivity contribution < 1.29 is 22.7 Å². The summed E-state index contributed by atoms with van der Waals surface area (Å²) in [4.78, 5) is 14.6. The molecule has 3 rings (SSSR count). The van der Waals surface area contributed by atoms with Gasteiger partial charge in [-0.1, -0.05) is 19.9 Å². The second-order valence-electron chi connectivity index (χ2n) is 8.61. The Morgan fingerprint density at radius 1 is 1.13 bits per heavy atom. The van der Waals surface area contributed by atoms with Gasteiger partial charge in [-0.2, -0.15) is 13.2 Å². The number of aromatic nitrogens is 2. The van der Waals surface area contributed by atoms with E-state index in [-0.39, 0.29) is 11.3 Å². The maximum atomic E-state index is 14.0. The lowest BCUT2D eigenvalue weighted by Gasteiger charge is -2.38. The number of aliphatic hydroxyl groups is 1. The van der Waals surface area contributed by atoms with E-state index in [1.807, 2.05) is 0 Å². The van der Waals surface area contributed by atoms with Crippen molar-refractivity contribution >= 4 is 10.9 Å². The van der Waals surface area contributed by atoms with E-state index in [4.69, 9.17) is 0 Å². The van der Waals surface area contributed by atoms with Crippen LogP contribution in [0.15, 0.2) is 41.3 Å².